The van der Waals surface area contributed by atoms with Crippen LogP contribution in [0.25, 0.3) is 10.4 Å². The van der Waals surface area contributed by atoms with Gasteiger partial charge in [0.25, 0.3) is 0 Å². The largest absolute Gasteiger partial charge is 0.390 e. The van der Waals surface area contributed by atoms with Gasteiger partial charge in [0.2, 0.25) is 0 Å². The number of fused-ring (bicyclic) bond motifs is 1. The smallest absolute Gasteiger partial charge is 0.163 e. The van der Waals surface area contributed by atoms with E-state index in [2.05, 4.69) is 10.0 Å². The minimum Gasteiger partial charge on any atom is -0.390 e. The second kappa shape index (κ2) is 5.84. The second-order valence-electron chi connectivity index (χ2n) is 4.62. The molecule has 1 aliphatic rings. The summed E-state index contributed by atoms with van der Waals surface area (Å²) < 4.78 is 0. The molecule has 0 aromatic heterocycles. The lowest BCUT2D eigenvalue weighted by Gasteiger charge is -2.20. The number of Topliss-reactive ketones (excluding diaryl/α,β-unsaturated/α-hetero) is 1. The number of azide groups is 1. The average Bonchev–Trinajstić information content (AvgIpc) is 2.44. The van der Waals surface area contributed by atoms with E-state index < -0.39 is 12.2 Å². The Bertz CT molecular complexity index is 538. The lowest BCUT2D eigenvalue weighted by atomic mass is 9.88. The summed E-state index contributed by atoms with van der Waals surface area (Å²) in [5.41, 5.74) is 10.3. The highest BCUT2D eigenvalue weighted by Gasteiger charge is 2.22. The Hall–Kier alpha value is -1.88. The van der Waals surface area contributed by atoms with Gasteiger partial charge in [0.05, 0.1) is 12.6 Å². The van der Waals surface area contributed by atoms with Crippen LogP contribution >= 0.6 is 0 Å². The van der Waals surface area contributed by atoms with Crippen LogP contribution in [0.4, 0.5) is 0 Å². The van der Waals surface area contributed by atoms with Crippen molar-refractivity contribution in [2.75, 3.05) is 6.54 Å². The SMILES string of the molecule is [N-]=[N+]=NCC(O)C(O)c1ccc2c(c1)C(=O)CCC2. The molecular weight excluding hydrogens is 246 g/mol. The number of nitrogens with zero attached hydrogens (tertiary/aromatic N) is 3. The molecule has 6 nitrogen and oxygen atoms in total. The monoisotopic (exact) mass is 261 g/mol. The number of rotatable bonds is 4. The average molecular weight is 261 g/mol. The molecule has 1 aromatic rings. The van der Waals surface area contributed by atoms with E-state index >= 15 is 0 Å². The van der Waals surface area contributed by atoms with E-state index in [9.17, 15) is 15.0 Å². The summed E-state index contributed by atoms with van der Waals surface area (Å²) in [6.45, 7) is -0.206. The van der Waals surface area contributed by atoms with Crippen molar-refractivity contribution in [3.05, 3.63) is 45.3 Å². The van der Waals surface area contributed by atoms with Crippen molar-refractivity contribution in [1.29, 1.82) is 0 Å². The lowest BCUT2D eigenvalue weighted by Crippen LogP contribution is -2.22. The van der Waals surface area contributed by atoms with Gasteiger partial charge >= 0.3 is 0 Å². The molecule has 1 aromatic carbocycles. The van der Waals surface area contributed by atoms with Gasteiger partial charge in [0, 0.05) is 16.9 Å². The molecule has 2 atom stereocenters. The van der Waals surface area contributed by atoms with Gasteiger partial charge in [-0.2, -0.15) is 0 Å². The number of ketones is 1. The summed E-state index contributed by atoms with van der Waals surface area (Å²) in [5.74, 6) is 0.0693. The van der Waals surface area contributed by atoms with Crippen LogP contribution in [0, 0.1) is 0 Å². The van der Waals surface area contributed by atoms with Gasteiger partial charge in [-0.15, -0.1) is 0 Å². The van der Waals surface area contributed by atoms with Crippen molar-refractivity contribution in [3.8, 4) is 0 Å². The topological polar surface area (TPSA) is 106 Å². The number of aliphatic hydroxyl groups excluding tert-OH is 2. The van der Waals surface area contributed by atoms with Crippen molar-refractivity contribution >= 4 is 5.78 Å². The first-order valence-corrected chi connectivity index (χ1v) is 6.16. The van der Waals surface area contributed by atoms with Gasteiger partial charge in [0.1, 0.15) is 6.10 Å². The number of hydrogen-bond donors (Lipinski definition) is 2. The molecule has 0 amide bonds. The zero-order valence-corrected chi connectivity index (χ0v) is 10.4. The van der Waals surface area contributed by atoms with E-state index in [0.717, 1.165) is 18.4 Å². The van der Waals surface area contributed by atoms with E-state index in [-0.39, 0.29) is 12.3 Å². The van der Waals surface area contributed by atoms with Gasteiger partial charge in [-0.3, -0.25) is 4.79 Å². The molecule has 0 spiro atoms. The number of carbonyl (C=O) groups excluding carboxylic acids is 1. The van der Waals surface area contributed by atoms with Crippen LogP contribution in [0.2, 0.25) is 0 Å². The first-order chi connectivity index (χ1) is 9.13. The Labute approximate surface area is 110 Å². The highest BCUT2D eigenvalue weighted by atomic mass is 16.3. The van der Waals surface area contributed by atoms with Gasteiger partial charge in [-0.25, -0.2) is 0 Å². The molecule has 2 rings (SSSR count). The fourth-order valence-corrected chi connectivity index (χ4v) is 2.27. The Morgan fingerprint density at radius 2 is 2.16 bits per heavy atom. The third-order valence-electron chi connectivity index (χ3n) is 3.32. The minimum atomic E-state index is -1.17. The zero-order valence-electron chi connectivity index (χ0n) is 10.4. The molecule has 2 unspecified atom stereocenters. The van der Waals surface area contributed by atoms with Crippen molar-refractivity contribution in [1.82, 2.24) is 0 Å². The molecule has 1 aliphatic carbocycles. The molecule has 0 bridgehead atoms. The molecule has 2 N–H and O–H groups in total. The van der Waals surface area contributed by atoms with Gasteiger partial charge in [-0.1, -0.05) is 17.2 Å². The van der Waals surface area contributed by atoms with Gasteiger partial charge in [-0.05, 0) is 35.6 Å². The highest BCUT2D eigenvalue weighted by molar-refractivity contribution is 5.98. The molecular formula is C13H15N3O3. The summed E-state index contributed by atoms with van der Waals surface area (Å²) >= 11 is 0. The summed E-state index contributed by atoms with van der Waals surface area (Å²) in [6, 6.07) is 5.13. The lowest BCUT2D eigenvalue weighted by molar-refractivity contribution is 0.0243. The maximum absolute atomic E-state index is 11.8. The number of benzene rings is 1. The number of hydrogen-bond acceptors (Lipinski definition) is 4. The van der Waals surface area contributed by atoms with Crippen LogP contribution in [0.1, 0.15) is 40.4 Å². The van der Waals surface area contributed by atoms with Crippen molar-refractivity contribution in [2.24, 2.45) is 5.11 Å². The molecule has 0 radical (unpaired) electrons. The predicted octanol–water partition coefficient (Wildman–Crippen LogP) is 1.91. The summed E-state index contributed by atoms with van der Waals surface area (Å²) in [7, 11) is 0. The van der Waals surface area contributed by atoms with Crippen LogP contribution in [-0.4, -0.2) is 28.6 Å². The summed E-state index contributed by atoms with van der Waals surface area (Å²) in [6.07, 6.45) is -0.0991. The molecule has 0 saturated carbocycles. The summed E-state index contributed by atoms with van der Waals surface area (Å²) in [4.78, 5) is 14.3. The third kappa shape index (κ3) is 2.93. The molecule has 0 fully saturated rings. The van der Waals surface area contributed by atoms with Crippen molar-refractivity contribution in [2.45, 2.75) is 31.5 Å². The Morgan fingerprint density at radius 1 is 1.37 bits per heavy atom. The van der Waals surface area contributed by atoms with E-state index in [1.54, 1.807) is 12.1 Å². The Morgan fingerprint density at radius 3 is 2.89 bits per heavy atom. The van der Waals surface area contributed by atoms with E-state index in [1.807, 2.05) is 6.07 Å². The molecule has 0 heterocycles. The maximum Gasteiger partial charge on any atom is 0.163 e. The van der Waals surface area contributed by atoms with E-state index in [0.29, 0.717) is 17.5 Å². The minimum absolute atomic E-state index is 0.0693. The van der Waals surface area contributed by atoms with Crippen LogP contribution in [-0.2, 0) is 6.42 Å². The number of carbonyl (C=O) groups is 1. The first kappa shape index (κ1) is 13.5. The van der Waals surface area contributed by atoms with Crippen LogP contribution in [0.15, 0.2) is 23.3 Å². The Balaban J connectivity index is 2.23. The van der Waals surface area contributed by atoms with Crippen molar-refractivity contribution < 1.29 is 15.0 Å². The maximum atomic E-state index is 11.8. The van der Waals surface area contributed by atoms with Crippen molar-refractivity contribution in [3.63, 3.8) is 0 Å². The zero-order chi connectivity index (χ0) is 13.8. The normalized spacial score (nSPS) is 17.3. The molecule has 0 aliphatic heterocycles. The highest BCUT2D eigenvalue weighted by Crippen LogP contribution is 2.26. The van der Waals surface area contributed by atoms with E-state index in [1.165, 1.54) is 0 Å². The Kier molecular flexibility index (Phi) is 4.16. The molecule has 0 saturated heterocycles. The van der Waals surface area contributed by atoms with Gasteiger partial charge < -0.3 is 10.2 Å². The molecule has 6 heteroatoms. The molecule has 100 valence electrons. The summed E-state index contributed by atoms with van der Waals surface area (Å²) in [5, 5.41) is 22.9. The van der Waals surface area contributed by atoms with Crippen LogP contribution in [0.3, 0.4) is 0 Å². The predicted molar refractivity (Wildman–Crippen MR) is 68.7 cm³/mol. The standard InChI is InChI=1S/C13H15N3O3/c14-16-15-7-12(18)13(19)9-5-4-8-2-1-3-11(17)10(8)6-9/h4-6,12-13,18-19H,1-3,7H2. The number of aryl methyl sites for hydroxylation is 1. The van der Waals surface area contributed by atoms with E-state index in [4.69, 9.17) is 5.53 Å². The van der Waals surface area contributed by atoms with Gasteiger partial charge in [0.15, 0.2) is 5.78 Å². The third-order valence-corrected chi connectivity index (χ3v) is 3.32. The first-order valence-electron chi connectivity index (χ1n) is 6.16. The quantitative estimate of drug-likeness (QED) is 0.491. The number of aliphatic hydroxyl groups is 2. The second-order valence-corrected chi connectivity index (χ2v) is 4.62. The van der Waals surface area contributed by atoms with Crippen LogP contribution in [0.5, 0.6) is 0 Å². The van der Waals surface area contributed by atoms with Crippen LogP contribution < -0.4 is 0 Å². The fourth-order valence-electron chi connectivity index (χ4n) is 2.27. The molecule has 19 heavy (non-hydrogen) atoms. The fraction of sp³-hybridized carbons (Fsp3) is 0.462.